The molecule has 14 heavy (non-hydrogen) atoms. The van der Waals surface area contributed by atoms with E-state index in [4.69, 9.17) is 11.6 Å². The number of halogens is 4. The van der Waals surface area contributed by atoms with Crippen LogP contribution in [0.2, 0.25) is 5.15 Å². The van der Waals surface area contributed by atoms with Crippen LogP contribution in [0.4, 0.5) is 14.5 Å². The predicted molar refractivity (Wildman–Crippen MR) is 51.6 cm³/mol. The molecule has 1 heterocycles. The third-order valence-corrected chi connectivity index (χ3v) is 2.40. The normalized spacial score (nSPS) is 10.4. The molecule has 1 amide bonds. The molecule has 1 aromatic rings. The number of hydrogen-bond donors (Lipinski definition) is 1. The molecule has 0 aromatic carbocycles. The van der Waals surface area contributed by atoms with Crippen molar-refractivity contribution in [1.82, 2.24) is 4.98 Å². The Hall–Kier alpha value is -0.750. The van der Waals surface area contributed by atoms with Crippen LogP contribution in [0, 0.1) is 0 Å². The largest absolute Gasteiger partial charge is 0.320 e. The minimum absolute atomic E-state index is 0.159. The van der Waals surface area contributed by atoms with Gasteiger partial charge in [0.15, 0.2) is 0 Å². The number of hydrogen-bond acceptors (Lipinski definition) is 2. The van der Waals surface area contributed by atoms with Gasteiger partial charge in [0.25, 0.3) is 5.91 Å². The van der Waals surface area contributed by atoms with Crippen LogP contribution in [0.15, 0.2) is 16.7 Å². The average molecular weight is 285 g/mol. The monoisotopic (exact) mass is 284 g/mol. The van der Waals surface area contributed by atoms with E-state index in [0.29, 0.717) is 4.47 Å². The Morgan fingerprint density at radius 2 is 2.29 bits per heavy atom. The first kappa shape index (κ1) is 11.3. The Bertz CT molecular complexity index is 362. The Morgan fingerprint density at radius 1 is 1.64 bits per heavy atom. The minimum Gasteiger partial charge on any atom is -0.320 e. The third-order valence-electron chi connectivity index (χ3n) is 1.26. The number of alkyl halides is 2. The molecule has 0 aliphatic heterocycles. The van der Waals surface area contributed by atoms with Crippen LogP contribution in [0.25, 0.3) is 0 Å². The van der Waals surface area contributed by atoms with Crippen molar-refractivity contribution < 1.29 is 13.6 Å². The van der Waals surface area contributed by atoms with Gasteiger partial charge < -0.3 is 5.32 Å². The van der Waals surface area contributed by atoms with Crippen molar-refractivity contribution in [2.75, 3.05) is 5.32 Å². The number of anilines is 1. The third kappa shape index (κ3) is 2.88. The summed E-state index contributed by atoms with van der Waals surface area (Å²) in [5.74, 6) is -1.37. The summed E-state index contributed by atoms with van der Waals surface area (Å²) in [4.78, 5) is 14.2. The molecule has 0 aliphatic rings. The molecule has 3 nitrogen and oxygen atoms in total. The molecule has 1 N–H and O–H groups in total. The molecule has 0 spiro atoms. The van der Waals surface area contributed by atoms with Gasteiger partial charge in [0.05, 0.1) is 16.4 Å². The van der Waals surface area contributed by atoms with E-state index in [2.05, 4.69) is 20.9 Å². The summed E-state index contributed by atoms with van der Waals surface area (Å²) in [7, 11) is 0. The summed E-state index contributed by atoms with van der Waals surface area (Å²) >= 11 is 8.60. The average Bonchev–Trinajstić information content (AvgIpc) is 2.11. The van der Waals surface area contributed by atoms with Crippen LogP contribution in [0.3, 0.4) is 0 Å². The molecule has 0 unspecified atom stereocenters. The molecular formula is C7H4BrClF2N2O. The zero-order valence-electron chi connectivity index (χ0n) is 6.60. The maximum absolute atomic E-state index is 11.8. The Balaban J connectivity index is 2.78. The molecule has 1 rings (SSSR count). The molecule has 0 aliphatic carbocycles. The fraction of sp³-hybridized carbons (Fsp3) is 0.143. The maximum Gasteiger partial charge on any atom is 0.315 e. The van der Waals surface area contributed by atoms with Crippen molar-refractivity contribution in [1.29, 1.82) is 0 Å². The van der Waals surface area contributed by atoms with Crippen molar-refractivity contribution in [3.63, 3.8) is 0 Å². The number of nitrogens with one attached hydrogen (secondary N) is 1. The number of amides is 1. The number of rotatable bonds is 2. The number of aromatic nitrogens is 1. The summed E-state index contributed by atoms with van der Waals surface area (Å²) in [5, 5.41) is 2.16. The van der Waals surface area contributed by atoms with Gasteiger partial charge in [0, 0.05) is 0 Å². The van der Waals surface area contributed by atoms with Gasteiger partial charge in [-0.3, -0.25) is 4.79 Å². The van der Waals surface area contributed by atoms with Gasteiger partial charge in [-0.05, 0) is 22.0 Å². The van der Waals surface area contributed by atoms with E-state index in [0.717, 1.165) is 0 Å². The first-order valence-corrected chi connectivity index (χ1v) is 4.58. The van der Waals surface area contributed by atoms with Crippen molar-refractivity contribution in [2.45, 2.75) is 6.43 Å². The van der Waals surface area contributed by atoms with Crippen LogP contribution in [-0.4, -0.2) is 17.3 Å². The summed E-state index contributed by atoms with van der Waals surface area (Å²) in [6.45, 7) is 0. The van der Waals surface area contributed by atoms with Gasteiger partial charge in [-0.25, -0.2) is 4.98 Å². The highest BCUT2D eigenvalue weighted by Crippen LogP contribution is 2.22. The van der Waals surface area contributed by atoms with Crippen molar-refractivity contribution in [3.05, 3.63) is 21.9 Å². The first-order chi connectivity index (χ1) is 6.50. The maximum atomic E-state index is 11.8. The van der Waals surface area contributed by atoms with Crippen LogP contribution in [-0.2, 0) is 4.79 Å². The van der Waals surface area contributed by atoms with E-state index in [-0.39, 0.29) is 10.8 Å². The number of carbonyl (C=O) groups is 1. The molecule has 7 heteroatoms. The lowest BCUT2D eigenvalue weighted by Crippen LogP contribution is -2.20. The molecule has 0 radical (unpaired) electrons. The van der Waals surface area contributed by atoms with Gasteiger partial charge in [-0.1, -0.05) is 11.6 Å². The fourth-order valence-corrected chi connectivity index (χ4v) is 1.14. The van der Waals surface area contributed by atoms with Crippen LogP contribution >= 0.6 is 27.5 Å². The molecule has 0 fully saturated rings. The van der Waals surface area contributed by atoms with E-state index in [9.17, 15) is 13.6 Å². The molecule has 0 atom stereocenters. The van der Waals surface area contributed by atoms with Gasteiger partial charge in [-0.2, -0.15) is 8.78 Å². The van der Waals surface area contributed by atoms with E-state index in [1.165, 1.54) is 12.3 Å². The van der Waals surface area contributed by atoms with Gasteiger partial charge >= 0.3 is 6.43 Å². The fourth-order valence-electron chi connectivity index (χ4n) is 0.686. The highest BCUT2D eigenvalue weighted by molar-refractivity contribution is 9.10. The summed E-state index contributed by atoms with van der Waals surface area (Å²) in [5.41, 5.74) is 0.159. The number of pyridine rings is 1. The highest BCUT2D eigenvalue weighted by atomic mass is 79.9. The molecule has 76 valence electrons. The molecule has 0 saturated carbocycles. The lowest BCUT2D eigenvalue weighted by atomic mass is 10.4. The zero-order valence-corrected chi connectivity index (χ0v) is 8.94. The van der Waals surface area contributed by atoms with Crippen molar-refractivity contribution >= 4 is 39.1 Å². The number of carbonyl (C=O) groups excluding carboxylic acids is 1. The summed E-state index contributed by atoms with van der Waals surface area (Å²) < 4.78 is 24.1. The van der Waals surface area contributed by atoms with E-state index < -0.39 is 12.3 Å². The second kappa shape index (κ2) is 4.65. The van der Waals surface area contributed by atoms with E-state index in [1.807, 2.05) is 5.32 Å². The molecule has 0 bridgehead atoms. The quantitative estimate of drug-likeness (QED) is 0.849. The van der Waals surface area contributed by atoms with Crippen molar-refractivity contribution in [3.8, 4) is 0 Å². The van der Waals surface area contributed by atoms with Gasteiger partial charge in [-0.15, -0.1) is 0 Å². The van der Waals surface area contributed by atoms with Crippen molar-refractivity contribution in [2.24, 2.45) is 0 Å². The first-order valence-electron chi connectivity index (χ1n) is 3.41. The topological polar surface area (TPSA) is 42.0 Å². The second-order valence-corrected chi connectivity index (χ2v) is 3.50. The lowest BCUT2D eigenvalue weighted by molar-refractivity contribution is -0.126. The number of nitrogens with zero attached hydrogens (tertiary/aromatic N) is 1. The lowest BCUT2D eigenvalue weighted by Gasteiger charge is -2.04. The van der Waals surface area contributed by atoms with E-state index in [1.54, 1.807) is 0 Å². The summed E-state index contributed by atoms with van der Waals surface area (Å²) in [6, 6.07) is 1.38. The standard InChI is InChI=1S/C7H4BrClF2N2O/c8-4-1-3(2-12-5(4)9)13-7(14)6(10)11/h1-2,6H,(H,13,14). The van der Waals surface area contributed by atoms with Gasteiger partial charge in [0.2, 0.25) is 0 Å². The zero-order chi connectivity index (χ0) is 10.7. The molecular weight excluding hydrogens is 281 g/mol. The SMILES string of the molecule is O=C(Nc1cnc(Cl)c(Br)c1)C(F)F. The second-order valence-electron chi connectivity index (χ2n) is 2.29. The molecule has 1 aromatic heterocycles. The summed E-state index contributed by atoms with van der Waals surface area (Å²) in [6.07, 6.45) is -1.86. The Morgan fingerprint density at radius 3 is 2.79 bits per heavy atom. The Kier molecular flexibility index (Phi) is 3.77. The minimum atomic E-state index is -3.05. The van der Waals surface area contributed by atoms with E-state index >= 15 is 0 Å². The Labute approximate surface area is 91.6 Å². The molecule has 0 saturated heterocycles. The van der Waals surface area contributed by atoms with Crippen LogP contribution < -0.4 is 5.32 Å². The highest BCUT2D eigenvalue weighted by Gasteiger charge is 2.15. The smallest absolute Gasteiger partial charge is 0.315 e. The van der Waals surface area contributed by atoms with Crippen LogP contribution in [0.1, 0.15) is 0 Å². The van der Waals surface area contributed by atoms with Crippen LogP contribution in [0.5, 0.6) is 0 Å². The predicted octanol–water partition coefficient (Wildman–Crippen LogP) is 2.70. The van der Waals surface area contributed by atoms with Gasteiger partial charge in [0.1, 0.15) is 5.15 Å².